The van der Waals surface area contributed by atoms with Crippen molar-refractivity contribution in [2.24, 2.45) is 5.92 Å². The molecular weight excluding hydrogens is 775 g/mol. The minimum absolute atomic E-state index is 0. The third-order valence-electron chi connectivity index (χ3n) is 11.1. The number of nitrogens with zero attached hydrogens (tertiary/aromatic N) is 1. The van der Waals surface area contributed by atoms with E-state index < -0.39 is 0 Å². The molecule has 1 atom stereocenters. The van der Waals surface area contributed by atoms with E-state index in [0.717, 1.165) is 19.6 Å². The Morgan fingerprint density at radius 3 is 1.27 bits per heavy atom. The smallest absolute Gasteiger partial charge is 0.182 e. The van der Waals surface area contributed by atoms with Crippen molar-refractivity contribution >= 4 is 6.79 Å². The summed E-state index contributed by atoms with van der Waals surface area (Å²) >= 11 is 0. The van der Waals surface area contributed by atoms with Gasteiger partial charge in [-0.15, -0.1) is 6.58 Å². The lowest BCUT2D eigenvalue weighted by atomic mass is 10.0. The van der Waals surface area contributed by atoms with Crippen LogP contribution in [-0.4, -0.2) is 55.2 Å². The van der Waals surface area contributed by atoms with Crippen LogP contribution in [0.25, 0.3) is 0 Å². The van der Waals surface area contributed by atoms with Crippen LogP contribution in [0.2, 0.25) is 0 Å². The summed E-state index contributed by atoms with van der Waals surface area (Å²) in [6.45, 7) is 31.7. The van der Waals surface area contributed by atoms with Crippen LogP contribution in [0.3, 0.4) is 0 Å². The van der Waals surface area contributed by atoms with E-state index >= 15 is 0 Å². The van der Waals surface area contributed by atoms with Gasteiger partial charge in [-0.1, -0.05) is 262 Å². The topological polar surface area (TPSA) is 81.3 Å². The van der Waals surface area contributed by atoms with E-state index in [0.29, 0.717) is 12.5 Å². The molecule has 0 aromatic rings. The lowest BCUT2D eigenvalue weighted by Crippen LogP contribution is -2.26. The average molecular weight is 898 g/mol. The highest BCUT2D eigenvalue weighted by atomic mass is 16.5. The largest absolute Gasteiger partial charge is 0.412 e. The maximum atomic E-state index is 8.47. The van der Waals surface area contributed by atoms with Gasteiger partial charge in [-0.25, -0.2) is 0 Å². The van der Waals surface area contributed by atoms with Gasteiger partial charge in [0, 0.05) is 38.6 Å². The van der Waals surface area contributed by atoms with Crippen LogP contribution in [-0.2, 0) is 9.53 Å². The quantitative estimate of drug-likeness (QED) is 0.0377. The second kappa shape index (κ2) is 77.8. The Balaban J connectivity index is -0.000000165. The molecule has 0 aromatic heterocycles. The first-order chi connectivity index (χ1) is 30.0. The standard InChI is InChI=1S/C30H55NO.C9H20O.C9H20.C6H14.C2H6.CHO.CH4.H2O/c1-4-6-8-10-12-16-20-27-32-28-29(3)22-17-13-15-19-26-31(30-23-21-24-30)25-18-14-11-9-7-5-2;1-2-3-4-5-6-7-8-9-10;1-3-5-7-9-8-6-4-2;1-3-5-6-4-2;2*1-2;;/h5,21,23-24,29H,2,4,6-20,22,25-28H2,1,3H3;10H,2-9H2,1H3;3-9H2,1-2H3;3-6H2,1-2H3;1-2H3;1H;1H4;1H2. The van der Waals surface area contributed by atoms with Gasteiger partial charge in [0.05, 0.1) is 0 Å². The molecule has 0 saturated carbocycles. The third-order valence-corrected chi connectivity index (χ3v) is 11.1. The average Bonchev–Trinajstić information content (AvgIpc) is 3.27. The van der Waals surface area contributed by atoms with Crippen LogP contribution in [0.1, 0.15) is 294 Å². The molecule has 0 saturated heterocycles. The molecule has 0 fully saturated rings. The highest BCUT2D eigenvalue weighted by Crippen LogP contribution is 2.18. The number of allylic oxidation sites excluding steroid dienone is 4. The molecule has 3 N–H and O–H groups in total. The molecule has 5 nitrogen and oxygen atoms in total. The number of unbranched alkanes of at least 4 members (excludes halogenated alkanes) is 28. The molecule has 63 heavy (non-hydrogen) atoms. The molecule has 0 bridgehead atoms. The molecule has 1 rings (SSSR count). The fraction of sp³-hybridized carbons (Fsp3) is 0.879. The Morgan fingerprint density at radius 1 is 0.571 bits per heavy atom. The van der Waals surface area contributed by atoms with Gasteiger partial charge in [0.1, 0.15) is 0 Å². The summed E-state index contributed by atoms with van der Waals surface area (Å²) in [5, 5.41) is 8.47. The molecule has 1 aliphatic carbocycles. The number of carbonyl (C=O) groups excluding carboxylic acids is 1. The normalized spacial score (nSPS) is 11.0. The van der Waals surface area contributed by atoms with Crippen LogP contribution in [0, 0.1) is 5.92 Å². The van der Waals surface area contributed by atoms with Crippen LogP contribution in [0.5, 0.6) is 0 Å². The van der Waals surface area contributed by atoms with Gasteiger partial charge in [0.2, 0.25) is 0 Å². The second-order valence-electron chi connectivity index (χ2n) is 17.3. The molecule has 383 valence electrons. The molecule has 0 aromatic carbocycles. The van der Waals surface area contributed by atoms with Crippen LogP contribution in [0.4, 0.5) is 0 Å². The van der Waals surface area contributed by atoms with Gasteiger partial charge in [-0.3, -0.25) is 4.79 Å². The zero-order chi connectivity index (χ0) is 46.6. The molecule has 0 amide bonds. The van der Waals surface area contributed by atoms with Crippen molar-refractivity contribution in [1.82, 2.24) is 4.90 Å². The maximum Gasteiger partial charge on any atom is 0.182 e. The van der Waals surface area contributed by atoms with Gasteiger partial charge in [-0.05, 0) is 63.0 Å². The van der Waals surface area contributed by atoms with E-state index in [1.807, 2.05) is 19.9 Å². The zero-order valence-electron chi connectivity index (χ0n) is 44.2. The van der Waals surface area contributed by atoms with Gasteiger partial charge in [0.25, 0.3) is 0 Å². The predicted octanol–water partition coefficient (Wildman–Crippen LogP) is 18.9. The van der Waals surface area contributed by atoms with Crippen molar-refractivity contribution in [2.75, 3.05) is 32.9 Å². The Hall–Kier alpha value is -1.43. The van der Waals surface area contributed by atoms with Crippen LogP contribution in [0.15, 0.2) is 36.6 Å². The van der Waals surface area contributed by atoms with Gasteiger partial charge < -0.3 is 20.2 Å². The summed E-state index contributed by atoms with van der Waals surface area (Å²) in [5.41, 5.74) is 1.45. The number of hydrogen-bond acceptors (Lipinski definition) is 4. The van der Waals surface area contributed by atoms with Gasteiger partial charge in [-0.2, -0.15) is 0 Å². The van der Waals surface area contributed by atoms with E-state index in [1.54, 1.807) is 0 Å². The molecule has 5 heteroatoms. The van der Waals surface area contributed by atoms with E-state index in [4.69, 9.17) is 14.6 Å². The number of ether oxygens (including phenoxy) is 1. The van der Waals surface area contributed by atoms with Crippen molar-refractivity contribution in [3.63, 3.8) is 0 Å². The molecule has 1 unspecified atom stereocenters. The molecule has 0 spiro atoms. The second-order valence-corrected chi connectivity index (χ2v) is 17.3. The summed E-state index contributed by atoms with van der Waals surface area (Å²) < 4.78 is 5.92. The zero-order valence-corrected chi connectivity index (χ0v) is 44.2. The van der Waals surface area contributed by atoms with E-state index in [-0.39, 0.29) is 12.9 Å². The Kier molecular flexibility index (Phi) is 93.6. The summed E-state index contributed by atoms with van der Waals surface area (Å²) in [4.78, 5) is 10.4. The molecule has 1 aliphatic rings. The molecular formula is C58H122NO4. The van der Waals surface area contributed by atoms with E-state index in [9.17, 15) is 0 Å². The maximum absolute atomic E-state index is 8.47. The molecule has 0 aliphatic heterocycles. The van der Waals surface area contributed by atoms with Crippen molar-refractivity contribution in [3.05, 3.63) is 36.6 Å². The van der Waals surface area contributed by atoms with Crippen molar-refractivity contribution in [1.29, 1.82) is 0 Å². The first-order valence-electron chi connectivity index (χ1n) is 27.2. The predicted molar refractivity (Wildman–Crippen MR) is 290 cm³/mol. The monoisotopic (exact) mass is 897 g/mol. The Morgan fingerprint density at radius 2 is 0.905 bits per heavy atom. The Labute approximate surface area is 400 Å². The van der Waals surface area contributed by atoms with E-state index in [1.165, 1.54) is 237 Å². The summed E-state index contributed by atoms with van der Waals surface area (Å²) in [6, 6.07) is 0. The fourth-order valence-electron chi connectivity index (χ4n) is 6.99. The number of rotatable bonds is 41. The number of hydrogen-bond donors (Lipinski definition) is 1. The van der Waals surface area contributed by atoms with Crippen molar-refractivity contribution in [3.8, 4) is 0 Å². The number of aliphatic hydroxyl groups is 1. The van der Waals surface area contributed by atoms with E-state index in [2.05, 4.69) is 85.0 Å². The fourth-order valence-corrected chi connectivity index (χ4v) is 6.99. The van der Waals surface area contributed by atoms with Gasteiger partial charge in [0.15, 0.2) is 6.79 Å². The third kappa shape index (κ3) is 75.2. The first kappa shape index (κ1) is 75.9. The van der Waals surface area contributed by atoms with Crippen LogP contribution < -0.4 is 0 Å². The lowest BCUT2D eigenvalue weighted by Gasteiger charge is -2.28. The van der Waals surface area contributed by atoms with Crippen molar-refractivity contribution in [2.45, 2.75) is 294 Å². The Bertz CT molecular complexity index is 767. The minimum atomic E-state index is 0. The highest BCUT2D eigenvalue weighted by molar-refractivity contribution is 5.34. The van der Waals surface area contributed by atoms with Crippen molar-refractivity contribution < 1.29 is 20.1 Å². The highest BCUT2D eigenvalue weighted by Gasteiger charge is 2.10. The molecule has 1 radical (unpaired) electrons. The first-order valence-corrected chi connectivity index (χ1v) is 27.2. The molecule has 0 heterocycles. The van der Waals surface area contributed by atoms with Crippen LogP contribution >= 0.6 is 0 Å². The lowest BCUT2D eigenvalue weighted by molar-refractivity contribution is 0.0976. The minimum Gasteiger partial charge on any atom is -0.412 e. The summed E-state index contributed by atoms with van der Waals surface area (Å²) in [5.74, 6) is 0.711. The SMILES string of the molecule is C.C=CCCCCCCN(CCCCCCC(C)COCCCCCCCCC)C1=CC=C1.CC.CCCCCC.CCCCCCCCC.CCCCCCCCCO.O.[CH]=O. The summed E-state index contributed by atoms with van der Waals surface area (Å²) in [6.07, 6.45) is 55.9. The summed E-state index contributed by atoms with van der Waals surface area (Å²) in [7, 11) is 0. The van der Waals surface area contributed by atoms with Gasteiger partial charge >= 0.3 is 0 Å². The number of aliphatic hydroxyl groups excluding tert-OH is 1.